The van der Waals surface area contributed by atoms with E-state index in [9.17, 15) is 19.4 Å². The summed E-state index contributed by atoms with van der Waals surface area (Å²) in [7, 11) is 1.23. The van der Waals surface area contributed by atoms with Crippen LogP contribution in [0.25, 0.3) is 0 Å². The van der Waals surface area contributed by atoms with E-state index < -0.39 is 26.6 Å². The van der Waals surface area contributed by atoms with Gasteiger partial charge in [-0.2, -0.15) is 0 Å². The fraction of sp³-hybridized carbons (Fsp3) is 0.702. The first-order chi connectivity index (χ1) is 32.0. The number of likely N-dealkylation sites (N-methyl/N-ethyl adjacent to an activating group) is 1. The monoisotopic (exact) mass is 941 g/mol. The maximum absolute atomic E-state index is 12.9. The summed E-state index contributed by atoms with van der Waals surface area (Å²) in [4.78, 5) is 25.4. The normalized spacial score (nSPS) is 14.8. The predicted octanol–water partition coefficient (Wildman–Crippen LogP) is 15.2. The molecule has 66 heavy (non-hydrogen) atoms. The number of amides is 1. The van der Waals surface area contributed by atoms with Crippen LogP contribution >= 0.6 is 7.82 Å². The van der Waals surface area contributed by atoms with Crippen molar-refractivity contribution in [2.24, 2.45) is 0 Å². The number of nitrogens with zero attached hydrogens (tertiary/aromatic N) is 1. The smallest absolute Gasteiger partial charge is 0.268 e. The number of aliphatic hydroxyl groups is 1. The molecule has 0 bridgehead atoms. The minimum absolute atomic E-state index is 0.0108. The molecule has 0 radical (unpaired) electrons. The minimum atomic E-state index is -4.60. The van der Waals surface area contributed by atoms with Crippen molar-refractivity contribution in [3.8, 4) is 0 Å². The topological polar surface area (TPSA) is 108 Å². The highest BCUT2D eigenvalue weighted by atomic mass is 31.2. The zero-order chi connectivity index (χ0) is 48.5. The average molecular weight is 941 g/mol. The van der Waals surface area contributed by atoms with Crippen LogP contribution in [0.1, 0.15) is 206 Å². The Morgan fingerprint density at radius 3 is 1.41 bits per heavy atom. The number of quaternary nitrogens is 1. The number of carbonyl (C=O) groups excluding carboxylic acids is 1. The summed E-state index contributed by atoms with van der Waals surface area (Å²) in [6, 6.07) is -0.909. The first-order valence-electron chi connectivity index (χ1n) is 26.6. The summed E-state index contributed by atoms with van der Waals surface area (Å²) < 4.78 is 23.2. The fourth-order valence-corrected chi connectivity index (χ4v) is 7.84. The summed E-state index contributed by atoms with van der Waals surface area (Å²) in [6.45, 7) is 4.49. The van der Waals surface area contributed by atoms with E-state index in [4.69, 9.17) is 9.05 Å². The van der Waals surface area contributed by atoms with Crippen molar-refractivity contribution in [2.45, 2.75) is 219 Å². The van der Waals surface area contributed by atoms with Crippen LogP contribution in [-0.4, -0.2) is 68.5 Å². The van der Waals surface area contributed by atoms with Crippen LogP contribution in [0.3, 0.4) is 0 Å². The summed E-state index contributed by atoms with van der Waals surface area (Å²) in [5, 5.41) is 13.8. The van der Waals surface area contributed by atoms with E-state index in [2.05, 4.69) is 104 Å². The molecule has 3 unspecified atom stereocenters. The van der Waals surface area contributed by atoms with E-state index in [0.29, 0.717) is 17.4 Å². The summed E-state index contributed by atoms with van der Waals surface area (Å²) in [6.07, 6.45) is 67.6. The number of allylic oxidation sites excluding steroid dienone is 15. The van der Waals surface area contributed by atoms with Crippen molar-refractivity contribution >= 4 is 13.7 Å². The molecule has 380 valence electrons. The molecule has 0 aromatic carbocycles. The highest BCUT2D eigenvalue weighted by Gasteiger charge is 2.23. The Bertz CT molecular complexity index is 1390. The molecule has 0 rings (SSSR count). The Balaban J connectivity index is 4.18. The number of phosphoric acid groups is 1. The Morgan fingerprint density at radius 1 is 0.545 bits per heavy atom. The third kappa shape index (κ3) is 49.3. The van der Waals surface area contributed by atoms with Crippen LogP contribution in [0, 0.1) is 0 Å². The molecule has 0 saturated carbocycles. The molecule has 0 spiro atoms. The average Bonchev–Trinajstić information content (AvgIpc) is 3.28. The Labute approximate surface area is 407 Å². The van der Waals surface area contributed by atoms with Crippen molar-refractivity contribution in [2.75, 3.05) is 40.9 Å². The number of nitrogens with one attached hydrogen (secondary N) is 1. The Morgan fingerprint density at radius 2 is 0.939 bits per heavy atom. The molecule has 0 saturated heterocycles. The molecular formula is C57H101N2O6P. The lowest BCUT2D eigenvalue weighted by Crippen LogP contribution is -2.45. The van der Waals surface area contributed by atoms with Crippen LogP contribution < -0.4 is 10.2 Å². The molecule has 2 N–H and O–H groups in total. The summed E-state index contributed by atoms with van der Waals surface area (Å²) in [5.74, 6) is -0.214. The van der Waals surface area contributed by atoms with Gasteiger partial charge in [0.2, 0.25) is 5.91 Å². The molecule has 0 aromatic heterocycles. The quantitative estimate of drug-likeness (QED) is 0.0272. The van der Waals surface area contributed by atoms with E-state index in [-0.39, 0.29) is 12.5 Å². The van der Waals surface area contributed by atoms with Crippen LogP contribution in [0.15, 0.2) is 97.2 Å². The zero-order valence-corrected chi connectivity index (χ0v) is 44.0. The highest BCUT2D eigenvalue weighted by molar-refractivity contribution is 7.45. The Hall–Kier alpha value is -2.58. The van der Waals surface area contributed by atoms with Crippen LogP contribution in [0.5, 0.6) is 0 Å². The lowest BCUT2D eigenvalue weighted by molar-refractivity contribution is -0.870. The maximum Gasteiger partial charge on any atom is 0.268 e. The molecule has 9 heteroatoms. The van der Waals surface area contributed by atoms with Gasteiger partial charge in [-0.25, -0.2) is 0 Å². The standard InChI is InChI=1S/C57H101N2O6P/c1-6-8-10-12-14-16-18-20-21-22-23-24-25-26-27-28-29-30-31-32-33-34-35-36-37-39-41-43-45-47-49-51-57(61)58-55(54-65-66(62,63)64-53-52-59(3,4)5)56(60)50-48-46-44-42-40-38-19-17-15-13-11-9-7-2/h8,10,14,16,20-21,23-24,26-27,29-30,40,42,48,50,55-56,60H,6-7,9,11-13,15,17-19,22,25,28,31-39,41,43-47,49,51-54H2,1-5H3,(H-,58,61,62,63)/b10-8-,16-14-,21-20-,24-23-,27-26-,30-29-,42-40+,50-48+. The first kappa shape index (κ1) is 63.4. The molecule has 1 amide bonds. The third-order valence-electron chi connectivity index (χ3n) is 11.3. The van der Waals surface area contributed by atoms with E-state index >= 15 is 0 Å². The van der Waals surface area contributed by atoms with Gasteiger partial charge >= 0.3 is 0 Å². The van der Waals surface area contributed by atoms with Crippen LogP contribution in [0.4, 0.5) is 0 Å². The molecule has 0 fully saturated rings. The van der Waals surface area contributed by atoms with Crippen molar-refractivity contribution in [3.63, 3.8) is 0 Å². The third-order valence-corrected chi connectivity index (χ3v) is 12.2. The van der Waals surface area contributed by atoms with Crippen LogP contribution in [-0.2, 0) is 18.4 Å². The molecule has 0 aromatic rings. The molecule has 0 heterocycles. The molecule has 0 aliphatic heterocycles. The molecule has 0 aliphatic rings. The molecule has 3 atom stereocenters. The van der Waals surface area contributed by atoms with Gasteiger partial charge in [0.1, 0.15) is 13.2 Å². The number of rotatable bonds is 47. The summed E-state index contributed by atoms with van der Waals surface area (Å²) >= 11 is 0. The van der Waals surface area contributed by atoms with Gasteiger partial charge in [0.05, 0.1) is 39.9 Å². The number of hydrogen-bond donors (Lipinski definition) is 2. The highest BCUT2D eigenvalue weighted by Crippen LogP contribution is 2.38. The van der Waals surface area contributed by atoms with Crippen molar-refractivity contribution < 1.29 is 32.9 Å². The van der Waals surface area contributed by atoms with Crippen molar-refractivity contribution in [1.82, 2.24) is 5.32 Å². The SMILES string of the molecule is CC/C=C\C/C=C\C/C=C\C/C=C\C/C=C\C/C=C\CCCCCCCCCCCCCCC(=O)NC(COP(=O)([O-])OCC[N+](C)(C)C)C(O)/C=C/CC/C=C/CCCCCCCCC. The van der Waals surface area contributed by atoms with E-state index in [1.165, 1.54) is 109 Å². The molecule has 8 nitrogen and oxygen atoms in total. The van der Waals surface area contributed by atoms with Gasteiger partial charge in [0.15, 0.2) is 0 Å². The molecule has 0 aliphatic carbocycles. The number of carbonyl (C=O) groups is 1. The van der Waals surface area contributed by atoms with E-state index in [1.54, 1.807) is 6.08 Å². The number of aliphatic hydroxyl groups excluding tert-OH is 1. The van der Waals surface area contributed by atoms with E-state index in [0.717, 1.165) is 77.0 Å². The van der Waals surface area contributed by atoms with Gasteiger partial charge in [-0.1, -0.05) is 214 Å². The fourth-order valence-electron chi connectivity index (χ4n) is 7.11. The Kier molecular flexibility index (Phi) is 45.6. The first-order valence-corrected chi connectivity index (χ1v) is 28.1. The lowest BCUT2D eigenvalue weighted by Gasteiger charge is -2.29. The van der Waals surface area contributed by atoms with Gasteiger partial charge < -0.3 is 28.8 Å². The van der Waals surface area contributed by atoms with Gasteiger partial charge in [-0.15, -0.1) is 0 Å². The number of unbranched alkanes of at least 4 members (excludes halogenated alkanes) is 20. The largest absolute Gasteiger partial charge is 0.756 e. The molecular weight excluding hydrogens is 840 g/mol. The second kappa shape index (κ2) is 47.5. The van der Waals surface area contributed by atoms with Gasteiger partial charge in [0, 0.05) is 6.42 Å². The lowest BCUT2D eigenvalue weighted by atomic mass is 10.0. The van der Waals surface area contributed by atoms with Crippen LogP contribution in [0.2, 0.25) is 0 Å². The number of hydrogen-bond acceptors (Lipinski definition) is 6. The summed E-state index contributed by atoms with van der Waals surface area (Å²) in [5.41, 5.74) is 0. The predicted molar refractivity (Wildman–Crippen MR) is 283 cm³/mol. The van der Waals surface area contributed by atoms with Crippen molar-refractivity contribution in [1.29, 1.82) is 0 Å². The maximum atomic E-state index is 12.9. The van der Waals surface area contributed by atoms with Gasteiger partial charge in [-0.3, -0.25) is 9.36 Å². The van der Waals surface area contributed by atoms with Crippen molar-refractivity contribution in [3.05, 3.63) is 97.2 Å². The number of phosphoric ester groups is 1. The van der Waals surface area contributed by atoms with Gasteiger partial charge in [-0.05, 0) is 83.5 Å². The minimum Gasteiger partial charge on any atom is -0.756 e. The second-order valence-electron chi connectivity index (χ2n) is 18.8. The second-order valence-corrected chi connectivity index (χ2v) is 20.2. The van der Waals surface area contributed by atoms with E-state index in [1.807, 2.05) is 27.2 Å². The van der Waals surface area contributed by atoms with Gasteiger partial charge in [0.25, 0.3) is 7.82 Å². The zero-order valence-electron chi connectivity index (χ0n) is 43.1.